The van der Waals surface area contributed by atoms with Crippen molar-refractivity contribution >= 4 is 28.8 Å². The van der Waals surface area contributed by atoms with E-state index in [9.17, 15) is 19.8 Å². The van der Waals surface area contributed by atoms with Crippen LogP contribution < -0.4 is 9.64 Å². The number of methoxy groups -OCH3 is 1. The van der Waals surface area contributed by atoms with E-state index in [1.165, 1.54) is 7.11 Å². The second-order valence-corrected chi connectivity index (χ2v) is 10.6. The Kier molecular flexibility index (Phi) is 6.22. The monoisotopic (exact) mass is 520 g/mol. The van der Waals surface area contributed by atoms with E-state index in [0.29, 0.717) is 31.0 Å². The van der Waals surface area contributed by atoms with Gasteiger partial charge in [0.1, 0.15) is 11.6 Å². The number of carboxylic acid groups (broad SMARTS) is 1. The van der Waals surface area contributed by atoms with Crippen LogP contribution in [0.1, 0.15) is 73.8 Å². The molecule has 0 unspecified atom stereocenters. The third kappa shape index (κ3) is 3.98. The average Bonchev–Trinajstić information content (AvgIpc) is 3.56. The molecule has 1 fully saturated rings. The van der Waals surface area contributed by atoms with Gasteiger partial charge in [0.05, 0.1) is 48.2 Å². The van der Waals surface area contributed by atoms with Gasteiger partial charge < -0.3 is 24.3 Å². The Balaban J connectivity index is 1.51. The lowest BCUT2D eigenvalue weighted by molar-refractivity contribution is -0.143. The quantitative estimate of drug-likeness (QED) is 0.525. The van der Waals surface area contributed by atoms with Crippen molar-refractivity contribution in [2.75, 3.05) is 18.6 Å². The highest BCUT2D eigenvalue weighted by Crippen LogP contribution is 2.42. The van der Waals surface area contributed by atoms with Gasteiger partial charge in [-0.15, -0.1) is 0 Å². The number of aliphatic carboxylic acids is 1. The first-order chi connectivity index (χ1) is 18.4. The van der Waals surface area contributed by atoms with E-state index in [4.69, 9.17) is 14.5 Å². The summed E-state index contributed by atoms with van der Waals surface area (Å²) in [6.07, 6.45) is 5.05. The van der Waals surface area contributed by atoms with Crippen molar-refractivity contribution in [2.24, 2.45) is 5.92 Å². The maximum Gasteiger partial charge on any atom is 0.414 e. The maximum atomic E-state index is 12.6. The van der Waals surface area contributed by atoms with Crippen LogP contribution in [0.5, 0.6) is 5.75 Å². The summed E-state index contributed by atoms with van der Waals surface area (Å²) in [5.41, 5.74) is 4.72. The molecule has 10 nitrogen and oxygen atoms in total. The number of fused-ring (bicyclic) bond motifs is 4. The zero-order valence-corrected chi connectivity index (χ0v) is 21.6. The second kappa shape index (κ2) is 9.58. The minimum absolute atomic E-state index is 0.0213. The Morgan fingerprint density at radius 2 is 2.05 bits per heavy atom. The van der Waals surface area contributed by atoms with Crippen molar-refractivity contribution in [2.45, 2.75) is 70.1 Å². The molecular formula is C28H32N4O6. The predicted molar refractivity (Wildman–Crippen MR) is 139 cm³/mol. The topological polar surface area (TPSA) is 127 Å². The molecule has 6 rings (SSSR count). The van der Waals surface area contributed by atoms with Crippen LogP contribution in [0.4, 0.5) is 10.5 Å². The number of anilines is 1. The number of benzene rings is 1. The number of ether oxygens (including phenoxy) is 2. The van der Waals surface area contributed by atoms with E-state index in [1.54, 1.807) is 11.1 Å². The maximum absolute atomic E-state index is 12.6. The predicted octanol–water partition coefficient (Wildman–Crippen LogP) is 4.17. The first-order valence-electron chi connectivity index (χ1n) is 13.3. The van der Waals surface area contributed by atoms with Gasteiger partial charge in [-0.3, -0.25) is 14.7 Å². The Hall–Kier alpha value is -3.66. The van der Waals surface area contributed by atoms with Crippen LogP contribution >= 0.6 is 0 Å². The number of hydrogen-bond donors (Lipinski definition) is 2. The summed E-state index contributed by atoms with van der Waals surface area (Å²) in [4.78, 5) is 35.7. The standard InChI is InChI=1S/C28H32N4O6/c1-15-6-7-19-21(31(15)28(36)37-2)8-9-22-24(19)30-26(32(22)18-5-3-4-17(12-18)27(34)35)25(33)20-13-16-10-11-38-23(16)14-29-20/h8-9,13-15,17-18,25,33H,3-7,10-12H2,1-2H3,(H,34,35)/t15-,17+,18+,25+/m0/s1. The number of aliphatic hydroxyl groups is 1. The fraction of sp³-hybridized carbons (Fsp3) is 0.500. The molecule has 2 aliphatic heterocycles. The van der Waals surface area contributed by atoms with Crippen LogP contribution in [0.15, 0.2) is 24.4 Å². The van der Waals surface area contributed by atoms with E-state index in [1.807, 2.05) is 29.7 Å². The van der Waals surface area contributed by atoms with E-state index in [2.05, 4.69) is 4.98 Å². The number of aryl methyl sites for hydroxylation is 1. The van der Waals surface area contributed by atoms with E-state index in [-0.39, 0.29) is 12.1 Å². The zero-order chi connectivity index (χ0) is 26.6. The fourth-order valence-electron chi connectivity index (χ4n) is 6.37. The number of amides is 1. The SMILES string of the molecule is COC(=O)N1c2ccc3c(nc([C@H](O)c4cc5c(cn4)OCC5)n3[C@@H]3CCC[C@@H](C(=O)O)C3)c2CC[C@@H]1C. The molecular weight excluding hydrogens is 488 g/mol. The number of rotatable bonds is 4. The summed E-state index contributed by atoms with van der Waals surface area (Å²) >= 11 is 0. The molecule has 0 spiro atoms. The van der Waals surface area contributed by atoms with E-state index < -0.39 is 24.1 Å². The molecule has 1 aliphatic carbocycles. The van der Waals surface area contributed by atoms with Crippen molar-refractivity contribution in [1.82, 2.24) is 14.5 Å². The summed E-state index contributed by atoms with van der Waals surface area (Å²) in [6.45, 7) is 2.59. The number of aliphatic hydroxyl groups excluding tert-OH is 1. The molecule has 3 aromatic rings. The molecule has 0 bridgehead atoms. The summed E-state index contributed by atoms with van der Waals surface area (Å²) in [7, 11) is 1.38. The molecule has 2 aromatic heterocycles. The molecule has 10 heteroatoms. The number of carbonyl (C=O) groups excluding carboxylic acids is 1. The molecule has 1 saturated carbocycles. The van der Waals surface area contributed by atoms with Gasteiger partial charge in [0.25, 0.3) is 0 Å². The number of aromatic nitrogens is 3. The van der Waals surface area contributed by atoms with Crippen molar-refractivity contribution in [3.63, 3.8) is 0 Å². The number of carboxylic acids is 1. The molecule has 4 atom stereocenters. The number of pyridine rings is 1. The highest BCUT2D eigenvalue weighted by molar-refractivity contribution is 5.95. The highest BCUT2D eigenvalue weighted by Gasteiger charge is 2.36. The van der Waals surface area contributed by atoms with Gasteiger partial charge in [0.2, 0.25) is 0 Å². The third-order valence-electron chi connectivity index (χ3n) is 8.34. The minimum atomic E-state index is -1.10. The van der Waals surface area contributed by atoms with E-state index in [0.717, 1.165) is 65.7 Å². The minimum Gasteiger partial charge on any atom is -0.491 e. The lowest BCUT2D eigenvalue weighted by Crippen LogP contribution is -2.42. The smallest absolute Gasteiger partial charge is 0.414 e. The molecule has 1 aromatic carbocycles. The van der Waals surface area contributed by atoms with Crippen LogP contribution in [-0.4, -0.2) is 56.6 Å². The second-order valence-electron chi connectivity index (χ2n) is 10.6. The Bertz CT molecular complexity index is 1420. The summed E-state index contributed by atoms with van der Waals surface area (Å²) in [5, 5.41) is 21.4. The van der Waals surface area contributed by atoms with Gasteiger partial charge >= 0.3 is 12.1 Å². The van der Waals surface area contributed by atoms with Gasteiger partial charge in [-0.2, -0.15) is 0 Å². The van der Waals surface area contributed by atoms with Crippen LogP contribution in [-0.2, 0) is 22.4 Å². The van der Waals surface area contributed by atoms with Gasteiger partial charge in [-0.05, 0) is 57.2 Å². The molecule has 4 heterocycles. The number of nitrogens with zero attached hydrogens (tertiary/aromatic N) is 4. The Labute approximate surface area is 220 Å². The molecule has 200 valence electrons. The van der Waals surface area contributed by atoms with Crippen LogP contribution in [0.25, 0.3) is 11.0 Å². The van der Waals surface area contributed by atoms with Gasteiger partial charge in [-0.25, -0.2) is 9.78 Å². The first-order valence-corrected chi connectivity index (χ1v) is 13.3. The van der Waals surface area contributed by atoms with Crippen LogP contribution in [0.2, 0.25) is 0 Å². The average molecular weight is 521 g/mol. The lowest BCUT2D eigenvalue weighted by atomic mass is 9.85. The first kappa shape index (κ1) is 24.7. The fourth-order valence-corrected chi connectivity index (χ4v) is 6.37. The molecule has 0 saturated heterocycles. The molecule has 2 N–H and O–H groups in total. The number of imidazole rings is 1. The number of hydrogen-bond acceptors (Lipinski definition) is 7. The Morgan fingerprint density at radius 1 is 1.21 bits per heavy atom. The van der Waals surface area contributed by atoms with E-state index >= 15 is 0 Å². The summed E-state index contributed by atoms with van der Waals surface area (Å²) in [5.74, 6) is -0.0579. The molecule has 38 heavy (non-hydrogen) atoms. The van der Waals surface area contributed by atoms with Crippen molar-refractivity contribution in [3.05, 3.63) is 47.0 Å². The normalized spacial score (nSPS) is 23.4. The van der Waals surface area contributed by atoms with Gasteiger partial charge in [0.15, 0.2) is 6.10 Å². The highest BCUT2D eigenvalue weighted by atomic mass is 16.5. The Morgan fingerprint density at radius 3 is 2.84 bits per heavy atom. The molecule has 3 aliphatic rings. The van der Waals surface area contributed by atoms with Crippen molar-refractivity contribution in [1.29, 1.82) is 0 Å². The zero-order valence-electron chi connectivity index (χ0n) is 21.6. The van der Waals surface area contributed by atoms with Crippen LogP contribution in [0.3, 0.4) is 0 Å². The van der Waals surface area contributed by atoms with Crippen molar-refractivity contribution in [3.8, 4) is 5.75 Å². The van der Waals surface area contributed by atoms with Gasteiger partial charge in [0, 0.05) is 29.6 Å². The summed E-state index contributed by atoms with van der Waals surface area (Å²) in [6, 6.07) is 5.57. The molecule has 1 amide bonds. The number of carbonyl (C=O) groups is 2. The lowest BCUT2D eigenvalue weighted by Gasteiger charge is -2.34. The van der Waals surface area contributed by atoms with Crippen molar-refractivity contribution < 1.29 is 29.3 Å². The molecule has 0 radical (unpaired) electrons. The largest absolute Gasteiger partial charge is 0.491 e. The van der Waals surface area contributed by atoms with Gasteiger partial charge in [-0.1, -0.05) is 6.42 Å². The van der Waals surface area contributed by atoms with Crippen LogP contribution in [0, 0.1) is 5.92 Å². The summed E-state index contributed by atoms with van der Waals surface area (Å²) < 4.78 is 12.7. The third-order valence-corrected chi connectivity index (χ3v) is 8.34.